The van der Waals surface area contributed by atoms with Crippen molar-refractivity contribution in [2.75, 3.05) is 45.8 Å². The molecule has 240 valence electrons. The summed E-state index contributed by atoms with van der Waals surface area (Å²) in [5.41, 5.74) is 3.55. The zero-order chi connectivity index (χ0) is 31.9. The van der Waals surface area contributed by atoms with Crippen molar-refractivity contribution in [3.63, 3.8) is 0 Å². The molecule has 3 atom stereocenters. The maximum atomic E-state index is 13.9. The summed E-state index contributed by atoms with van der Waals surface area (Å²) in [5.74, 6) is -0.800. The quantitative estimate of drug-likeness (QED) is 0.323. The monoisotopic (exact) mass is 616 g/mol. The summed E-state index contributed by atoms with van der Waals surface area (Å²) in [6.45, 7) is 10.2. The van der Waals surface area contributed by atoms with Crippen molar-refractivity contribution in [3.05, 3.63) is 101 Å². The number of aromatic hydroxyl groups is 1. The number of aliphatic carboxylic acids is 1. The van der Waals surface area contributed by atoms with Crippen LogP contribution in [-0.4, -0.2) is 99.6 Å². The highest BCUT2D eigenvalue weighted by atomic mass is 19.1. The lowest BCUT2D eigenvalue weighted by atomic mass is 9.92. The number of phenolic OH excluding ortho intramolecular Hbond substituents is 1. The van der Waals surface area contributed by atoms with E-state index in [0.29, 0.717) is 31.6 Å². The Hall–Kier alpha value is -3.79. The van der Waals surface area contributed by atoms with E-state index in [9.17, 15) is 19.1 Å². The highest BCUT2D eigenvalue weighted by Gasteiger charge is 2.35. The van der Waals surface area contributed by atoms with E-state index in [4.69, 9.17) is 5.11 Å². The minimum atomic E-state index is -0.778. The minimum absolute atomic E-state index is 0.000207. The Labute approximate surface area is 265 Å². The Balaban J connectivity index is 1.35. The standard InChI is InChI=1S/C36H45FN4O4/c1-26-24-41(27(2)23-40(26)25-28-8-3-12-32(37)20-28)35(30-10-5-13-33(42)22-30)29-9-4-11-31(21-29)36(45)39-17-7-16-38(18-19-39)15-6-14-34(43)44/h3-5,8-13,20-22,26-27,35,42H,6-7,14-19,23-25H2,1-2H3,(H,43,44)/t26-,27+,35-/m1/s1. The molecule has 1 amide bonds. The van der Waals surface area contributed by atoms with Gasteiger partial charge in [0.25, 0.3) is 5.91 Å². The number of carboxylic acids is 1. The van der Waals surface area contributed by atoms with Gasteiger partial charge in [0.15, 0.2) is 0 Å². The first-order chi connectivity index (χ1) is 21.7. The second-order valence-corrected chi connectivity index (χ2v) is 12.6. The summed E-state index contributed by atoms with van der Waals surface area (Å²) in [4.78, 5) is 33.7. The zero-order valence-corrected chi connectivity index (χ0v) is 26.3. The van der Waals surface area contributed by atoms with Crippen LogP contribution in [0.5, 0.6) is 5.75 Å². The fraction of sp³-hybridized carbons (Fsp3) is 0.444. The van der Waals surface area contributed by atoms with Gasteiger partial charge in [0, 0.05) is 63.3 Å². The first-order valence-electron chi connectivity index (χ1n) is 16.0. The van der Waals surface area contributed by atoms with Crippen molar-refractivity contribution in [3.8, 4) is 5.75 Å². The molecule has 0 spiro atoms. The average molecular weight is 617 g/mol. The second kappa shape index (κ2) is 15.0. The van der Waals surface area contributed by atoms with Crippen LogP contribution in [0.1, 0.15) is 66.2 Å². The van der Waals surface area contributed by atoms with Crippen molar-refractivity contribution in [2.45, 2.75) is 57.8 Å². The number of phenols is 1. The predicted molar refractivity (Wildman–Crippen MR) is 173 cm³/mol. The lowest BCUT2D eigenvalue weighted by Crippen LogP contribution is -2.56. The van der Waals surface area contributed by atoms with E-state index in [0.717, 1.165) is 55.8 Å². The summed E-state index contributed by atoms with van der Waals surface area (Å²) in [5, 5.41) is 19.4. The van der Waals surface area contributed by atoms with Crippen LogP contribution in [0, 0.1) is 5.82 Å². The van der Waals surface area contributed by atoms with Crippen LogP contribution in [0.2, 0.25) is 0 Å². The maximum absolute atomic E-state index is 13.9. The van der Waals surface area contributed by atoms with Gasteiger partial charge in [-0.3, -0.25) is 19.4 Å². The number of rotatable bonds is 10. The maximum Gasteiger partial charge on any atom is 0.303 e. The molecule has 2 aliphatic heterocycles. The van der Waals surface area contributed by atoms with Gasteiger partial charge in [-0.1, -0.05) is 36.4 Å². The first kappa shape index (κ1) is 32.6. The number of nitrogens with zero attached hydrogens (tertiary/aromatic N) is 4. The fourth-order valence-corrected chi connectivity index (χ4v) is 6.82. The average Bonchev–Trinajstić information content (AvgIpc) is 3.25. The molecule has 5 rings (SSSR count). The molecular formula is C36H45FN4O4. The Morgan fingerprint density at radius 1 is 0.889 bits per heavy atom. The number of amides is 1. The number of halogens is 1. The first-order valence-corrected chi connectivity index (χ1v) is 16.0. The highest BCUT2D eigenvalue weighted by molar-refractivity contribution is 5.94. The van der Waals surface area contributed by atoms with Gasteiger partial charge in [0.1, 0.15) is 11.6 Å². The number of carbonyl (C=O) groups excluding carboxylic acids is 1. The molecule has 3 aromatic rings. The van der Waals surface area contributed by atoms with E-state index in [1.165, 1.54) is 6.07 Å². The van der Waals surface area contributed by atoms with Crippen LogP contribution in [-0.2, 0) is 11.3 Å². The summed E-state index contributed by atoms with van der Waals surface area (Å²) in [6, 6.07) is 22.2. The van der Waals surface area contributed by atoms with Gasteiger partial charge >= 0.3 is 5.97 Å². The molecule has 8 nitrogen and oxygen atoms in total. The van der Waals surface area contributed by atoms with Crippen molar-refractivity contribution in [2.24, 2.45) is 0 Å². The van der Waals surface area contributed by atoms with Crippen LogP contribution in [0.15, 0.2) is 72.8 Å². The summed E-state index contributed by atoms with van der Waals surface area (Å²) >= 11 is 0. The number of benzene rings is 3. The number of hydrogen-bond acceptors (Lipinski definition) is 6. The van der Waals surface area contributed by atoms with Crippen LogP contribution in [0.3, 0.4) is 0 Å². The van der Waals surface area contributed by atoms with Crippen LogP contribution >= 0.6 is 0 Å². The van der Waals surface area contributed by atoms with Gasteiger partial charge in [-0.2, -0.15) is 0 Å². The number of piperazine rings is 1. The molecule has 0 unspecified atom stereocenters. The Bertz CT molecular complexity index is 1470. The van der Waals surface area contributed by atoms with E-state index in [1.807, 2.05) is 47.4 Å². The third-order valence-corrected chi connectivity index (χ3v) is 9.15. The molecule has 2 N–H and O–H groups in total. The molecule has 0 saturated carbocycles. The van der Waals surface area contributed by atoms with E-state index in [-0.39, 0.29) is 42.0 Å². The second-order valence-electron chi connectivity index (χ2n) is 12.6. The summed E-state index contributed by atoms with van der Waals surface area (Å²) < 4.78 is 13.9. The van der Waals surface area contributed by atoms with Crippen molar-refractivity contribution >= 4 is 11.9 Å². The molecule has 9 heteroatoms. The van der Waals surface area contributed by atoms with E-state index >= 15 is 0 Å². The number of carbonyl (C=O) groups is 2. The summed E-state index contributed by atoms with van der Waals surface area (Å²) in [7, 11) is 0. The Kier molecular flexibility index (Phi) is 10.9. The molecule has 0 radical (unpaired) electrons. The summed E-state index contributed by atoms with van der Waals surface area (Å²) in [6.07, 6.45) is 1.61. The molecule has 2 saturated heterocycles. The molecule has 2 heterocycles. The number of carboxylic acid groups (broad SMARTS) is 1. The number of hydrogen-bond donors (Lipinski definition) is 2. The Morgan fingerprint density at radius 3 is 2.40 bits per heavy atom. The fourth-order valence-electron chi connectivity index (χ4n) is 6.82. The molecular weight excluding hydrogens is 571 g/mol. The minimum Gasteiger partial charge on any atom is -0.508 e. The lowest BCUT2D eigenvalue weighted by Gasteiger charge is -2.47. The molecule has 0 bridgehead atoms. The van der Waals surface area contributed by atoms with E-state index < -0.39 is 5.97 Å². The molecule has 0 aromatic heterocycles. The predicted octanol–water partition coefficient (Wildman–Crippen LogP) is 5.23. The van der Waals surface area contributed by atoms with Crippen LogP contribution in [0.4, 0.5) is 4.39 Å². The van der Waals surface area contributed by atoms with Gasteiger partial charge in [-0.05, 0) is 92.9 Å². The molecule has 45 heavy (non-hydrogen) atoms. The third-order valence-electron chi connectivity index (χ3n) is 9.15. The van der Waals surface area contributed by atoms with Gasteiger partial charge < -0.3 is 20.0 Å². The van der Waals surface area contributed by atoms with Gasteiger partial charge in [-0.15, -0.1) is 0 Å². The normalized spacial score (nSPS) is 20.9. The van der Waals surface area contributed by atoms with Crippen molar-refractivity contribution in [1.82, 2.24) is 19.6 Å². The lowest BCUT2D eigenvalue weighted by molar-refractivity contribution is -0.137. The van der Waals surface area contributed by atoms with Crippen LogP contribution in [0.25, 0.3) is 0 Å². The largest absolute Gasteiger partial charge is 0.508 e. The van der Waals surface area contributed by atoms with Gasteiger partial charge in [0.2, 0.25) is 0 Å². The zero-order valence-electron chi connectivity index (χ0n) is 26.3. The molecule has 0 aliphatic carbocycles. The van der Waals surface area contributed by atoms with E-state index in [1.54, 1.807) is 18.2 Å². The molecule has 2 aliphatic rings. The van der Waals surface area contributed by atoms with Gasteiger partial charge in [-0.25, -0.2) is 4.39 Å². The van der Waals surface area contributed by atoms with Crippen molar-refractivity contribution in [1.29, 1.82) is 0 Å². The SMILES string of the molecule is C[C@@H]1CN([C@@H](c2cccc(O)c2)c2cccc(C(=O)N3CCCN(CCCC(=O)O)CC3)c2)[C@@H](C)CN1Cc1cccc(F)c1. The third kappa shape index (κ3) is 8.48. The van der Waals surface area contributed by atoms with Gasteiger partial charge in [0.05, 0.1) is 6.04 Å². The topological polar surface area (TPSA) is 87.6 Å². The molecule has 3 aromatic carbocycles. The molecule has 2 fully saturated rings. The Morgan fingerprint density at radius 2 is 1.64 bits per heavy atom. The van der Waals surface area contributed by atoms with Crippen LogP contribution < -0.4 is 0 Å². The van der Waals surface area contributed by atoms with E-state index in [2.05, 4.69) is 34.6 Å². The smallest absolute Gasteiger partial charge is 0.303 e. The highest BCUT2D eigenvalue weighted by Crippen LogP contribution is 2.35. The van der Waals surface area contributed by atoms with Crippen molar-refractivity contribution < 1.29 is 24.2 Å².